The lowest BCUT2D eigenvalue weighted by molar-refractivity contribution is -0.138. The largest absolute Gasteiger partial charge is 0.508 e. The van der Waals surface area contributed by atoms with Gasteiger partial charge in [-0.2, -0.15) is 0 Å². The number of esters is 1. The molecule has 1 heterocycles. The molecule has 2 N–H and O–H groups in total. The van der Waals surface area contributed by atoms with Gasteiger partial charge in [0.05, 0.1) is 14.2 Å². The van der Waals surface area contributed by atoms with E-state index in [0.29, 0.717) is 29.1 Å². The first-order valence-electron chi connectivity index (χ1n) is 7.67. The van der Waals surface area contributed by atoms with Gasteiger partial charge in [0.1, 0.15) is 17.6 Å². The number of rotatable bonds is 5. The van der Waals surface area contributed by atoms with E-state index in [9.17, 15) is 15.0 Å². The molecular weight excluding hydrogens is 324 g/mol. The monoisotopic (exact) mass is 342 g/mol. The van der Waals surface area contributed by atoms with Crippen molar-refractivity contribution in [1.82, 2.24) is 0 Å². The minimum absolute atomic E-state index is 0.0469. The summed E-state index contributed by atoms with van der Waals surface area (Å²) in [6.45, 7) is 0. The minimum atomic E-state index is -0.500. The van der Waals surface area contributed by atoms with E-state index in [4.69, 9.17) is 14.2 Å². The van der Waals surface area contributed by atoms with Crippen LogP contribution in [0.2, 0.25) is 0 Å². The number of carbonyl (C=O) groups excluding carboxylic acids is 1. The van der Waals surface area contributed by atoms with Gasteiger partial charge >= 0.3 is 5.97 Å². The molecule has 0 unspecified atom stereocenters. The van der Waals surface area contributed by atoms with Crippen LogP contribution in [0.15, 0.2) is 42.5 Å². The summed E-state index contributed by atoms with van der Waals surface area (Å²) in [4.78, 5) is 11.8. The van der Waals surface area contributed by atoms with Gasteiger partial charge in [0.25, 0.3) is 0 Å². The Balaban J connectivity index is 1.92. The van der Waals surface area contributed by atoms with Crippen molar-refractivity contribution in [3.63, 3.8) is 0 Å². The Kier molecular flexibility index (Phi) is 4.52. The average Bonchev–Trinajstić information content (AvgIpc) is 2.96. The van der Waals surface area contributed by atoms with E-state index in [1.807, 2.05) is 0 Å². The number of phenolic OH excluding ortho intramolecular Hbond substituents is 2. The van der Waals surface area contributed by atoms with Crippen molar-refractivity contribution in [2.24, 2.45) is 0 Å². The summed E-state index contributed by atoms with van der Waals surface area (Å²) in [5.74, 6) is 0.505. The molecule has 0 fully saturated rings. The Morgan fingerprint density at radius 1 is 1.04 bits per heavy atom. The Labute approximate surface area is 144 Å². The highest BCUT2D eigenvalue weighted by atomic mass is 16.5. The Bertz CT molecular complexity index is 840. The second-order valence-electron chi connectivity index (χ2n) is 5.62. The van der Waals surface area contributed by atoms with Gasteiger partial charge in [-0.15, -0.1) is 0 Å². The molecule has 2 aromatic rings. The highest BCUT2D eigenvalue weighted by Crippen LogP contribution is 2.37. The molecule has 6 nitrogen and oxygen atoms in total. The van der Waals surface area contributed by atoms with Crippen molar-refractivity contribution in [1.29, 1.82) is 0 Å². The quantitative estimate of drug-likeness (QED) is 0.813. The van der Waals surface area contributed by atoms with E-state index in [-0.39, 0.29) is 11.5 Å². The maximum Gasteiger partial charge on any atom is 0.331 e. The van der Waals surface area contributed by atoms with Crippen molar-refractivity contribution < 1.29 is 29.2 Å². The number of ether oxygens (including phenoxy) is 3. The van der Waals surface area contributed by atoms with Gasteiger partial charge in [0.15, 0.2) is 11.5 Å². The smallest absolute Gasteiger partial charge is 0.331 e. The zero-order valence-corrected chi connectivity index (χ0v) is 13.9. The van der Waals surface area contributed by atoms with Gasteiger partial charge < -0.3 is 24.4 Å². The molecule has 1 atom stereocenters. The number of hydrogen-bond donors (Lipinski definition) is 2. The molecule has 0 bridgehead atoms. The highest BCUT2D eigenvalue weighted by Gasteiger charge is 2.29. The molecule has 0 aliphatic carbocycles. The molecular formula is C19H18O6. The van der Waals surface area contributed by atoms with Gasteiger partial charge in [-0.25, -0.2) is 4.79 Å². The van der Waals surface area contributed by atoms with Crippen LogP contribution in [0.4, 0.5) is 0 Å². The van der Waals surface area contributed by atoms with Crippen molar-refractivity contribution in [3.8, 4) is 23.0 Å². The van der Waals surface area contributed by atoms with Crippen LogP contribution in [0.1, 0.15) is 11.1 Å². The lowest BCUT2D eigenvalue weighted by Gasteiger charge is -2.17. The van der Waals surface area contributed by atoms with Crippen LogP contribution in [0.25, 0.3) is 5.57 Å². The van der Waals surface area contributed by atoms with Gasteiger partial charge in [0.2, 0.25) is 0 Å². The van der Waals surface area contributed by atoms with Gasteiger partial charge in [0, 0.05) is 29.7 Å². The van der Waals surface area contributed by atoms with E-state index < -0.39 is 12.1 Å². The molecule has 2 aromatic carbocycles. The van der Waals surface area contributed by atoms with Gasteiger partial charge in [-0.05, 0) is 29.8 Å². The molecule has 1 aliphatic heterocycles. The topological polar surface area (TPSA) is 85.2 Å². The number of benzene rings is 2. The van der Waals surface area contributed by atoms with Crippen molar-refractivity contribution in [2.75, 3.05) is 14.2 Å². The summed E-state index contributed by atoms with van der Waals surface area (Å²) in [6, 6.07) is 9.69. The molecule has 0 aromatic heterocycles. The first-order chi connectivity index (χ1) is 12.0. The number of hydrogen-bond acceptors (Lipinski definition) is 6. The molecule has 0 saturated heterocycles. The Hall–Kier alpha value is -3.15. The predicted molar refractivity (Wildman–Crippen MR) is 90.9 cm³/mol. The SMILES string of the molecule is COc1cc(C[C@H]2OC(=O)C=C2c2ccc(O)cc2OC)ccc1O. The summed E-state index contributed by atoms with van der Waals surface area (Å²) in [7, 11) is 2.97. The number of phenols is 2. The third-order valence-electron chi connectivity index (χ3n) is 4.04. The summed E-state index contributed by atoms with van der Waals surface area (Å²) < 4.78 is 15.8. The van der Waals surface area contributed by atoms with Gasteiger partial charge in [-0.3, -0.25) is 0 Å². The zero-order valence-electron chi connectivity index (χ0n) is 13.9. The lowest BCUT2D eigenvalue weighted by Crippen LogP contribution is -2.15. The first-order valence-corrected chi connectivity index (χ1v) is 7.67. The van der Waals surface area contributed by atoms with Gasteiger partial charge in [-0.1, -0.05) is 6.07 Å². The van der Waals surface area contributed by atoms with E-state index in [0.717, 1.165) is 5.56 Å². The summed E-state index contributed by atoms with van der Waals surface area (Å²) >= 11 is 0. The molecule has 25 heavy (non-hydrogen) atoms. The number of carbonyl (C=O) groups is 1. The number of methoxy groups -OCH3 is 2. The van der Waals surface area contributed by atoms with Crippen LogP contribution in [-0.2, 0) is 16.0 Å². The standard InChI is InChI=1S/C19H18O6/c1-23-16-9-12(20)4-5-13(16)14-10-19(22)25-17(14)7-11-3-6-15(21)18(8-11)24-2/h3-6,8-10,17,20-21H,7H2,1-2H3/t17-/m1/s1. The molecule has 130 valence electrons. The van der Waals surface area contributed by atoms with Crippen molar-refractivity contribution >= 4 is 11.5 Å². The fourth-order valence-corrected chi connectivity index (χ4v) is 2.84. The second-order valence-corrected chi connectivity index (χ2v) is 5.62. The predicted octanol–water partition coefficient (Wildman–Crippen LogP) is 2.67. The van der Waals surface area contributed by atoms with Crippen LogP contribution < -0.4 is 9.47 Å². The Morgan fingerprint density at radius 3 is 2.52 bits per heavy atom. The fraction of sp³-hybridized carbons (Fsp3) is 0.211. The maximum absolute atomic E-state index is 11.8. The van der Waals surface area contributed by atoms with Crippen LogP contribution in [0, 0.1) is 0 Å². The third kappa shape index (κ3) is 3.38. The maximum atomic E-state index is 11.8. The number of cyclic esters (lactones) is 1. The second kappa shape index (κ2) is 6.76. The fourth-order valence-electron chi connectivity index (χ4n) is 2.84. The summed E-state index contributed by atoms with van der Waals surface area (Å²) in [5, 5.41) is 19.3. The Morgan fingerprint density at radius 2 is 1.80 bits per heavy atom. The average molecular weight is 342 g/mol. The molecule has 0 saturated carbocycles. The third-order valence-corrected chi connectivity index (χ3v) is 4.04. The molecule has 3 rings (SSSR count). The van der Waals surface area contributed by atoms with E-state index in [1.54, 1.807) is 18.2 Å². The van der Waals surface area contributed by atoms with Crippen LogP contribution in [0.3, 0.4) is 0 Å². The van der Waals surface area contributed by atoms with Crippen LogP contribution in [-0.4, -0.2) is 36.5 Å². The summed E-state index contributed by atoms with van der Waals surface area (Å²) in [6.07, 6.45) is 1.34. The van der Waals surface area contributed by atoms with Crippen LogP contribution in [0.5, 0.6) is 23.0 Å². The zero-order chi connectivity index (χ0) is 18.0. The molecule has 1 aliphatic rings. The first kappa shape index (κ1) is 16.7. The summed E-state index contributed by atoms with van der Waals surface area (Å²) in [5.41, 5.74) is 2.20. The van der Waals surface area contributed by atoms with Crippen molar-refractivity contribution in [3.05, 3.63) is 53.6 Å². The molecule has 0 spiro atoms. The molecule has 0 amide bonds. The van der Waals surface area contributed by atoms with E-state index in [1.165, 1.54) is 38.5 Å². The number of aromatic hydroxyl groups is 2. The normalized spacial score (nSPS) is 16.3. The van der Waals surface area contributed by atoms with Crippen LogP contribution >= 0.6 is 0 Å². The van der Waals surface area contributed by atoms with E-state index >= 15 is 0 Å². The highest BCUT2D eigenvalue weighted by molar-refractivity contribution is 5.98. The molecule has 6 heteroatoms. The van der Waals surface area contributed by atoms with Crippen molar-refractivity contribution in [2.45, 2.75) is 12.5 Å². The van der Waals surface area contributed by atoms with E-state index in [2.05, 4.69) is 0 Å². The molecule has 0 radical (unpaired) electrons. The lowest BCUT2D eigenvalue weighted by atomic mass is 9.95. The minimum Gasteiger partial charge on any atom is -0.508 e.